The SMILES string of the molecule is Cc1nc(SCC(=O)Nc2cc(C(C)(C)C)no2)oc1C. The van der Waals surface area contributed by atoms with Crippen LogP contribution in [0.3, 0.4) is 0 Å². The molecule has 2 rings (SSSR count). The first-order valence-electron chi connectivity index (χ1n) is 6.59. The molecule has 0 aliphatic heterocycles. The Balaban J connectivity index is 1.88. The summed E-state index contributed by atoms with van der Waals surface area (Å²) in [6, 6.07) is 1.74. The molecule has 0 fully saturated rings. The summed E-state index contributed by atoms with van der Waals surface area (Å²) in [6.45, 7) is 9.79. The van der Waals surface area contributed by atoms with Crippen LogP contribution in [0.15, 0.2) is 20.2 Å². The van der Waals surface area contributed by atoms with Crippen molar-refractivity contribution in [2.45, 2.75) is 45.3 Å². The Bertz CT molecular complexity index is 621. The summed E-state index contributed by atoms with van der Waals surface area (Å²) in [5.41, 5.74) is 1.52. The van der Waals surface area contributed by atoms with Crippen LogP contribution in [0.1, 0.15) is 37.9 Å². The molecule has 0 atom stereocenters. The molecule has 1 amide bonds. The number of aryl methyl sites for hydroxylation is 2. The van der Waals surface area contributed by atoms with E-state index in [9.17, 15) is 4.79 Å². The van der Waals surface area contributed by atoms with Gasteiger partial charge in [0.25, 0.3) is 5.22 Å². The van der Waals surface area contributed by atoms with Crippen molar-refractivity contribution >= 4 is 23.6 Å². The fourth-order valence-electron chi connectivity index (χ4n) is 1.49. The number of anilines is 1. The minimum atomic E-state index is -0.190. The molecule has 2 aromatic rings. The standard InChI is InChI=1S/C14H19N3O3S/c1-8-9(2)19-13(15-8)21-7-11(18)16-12-6-10(17-20-12)14(3,4)5/h6H,7H2,1-5H3,(H,16,18). The second kappa shape index (κ2) is 5.93. The van der Waals surface area contributed by atoms with Gasteiger partial charge in [0.2, 0.25) is 11.8 Å². The van der Waals surface area contributed by atoms with Crippen LogP contribution in [0, 0.1) is 13.8 Å². The van der Waals surface area contributed by atoms with E-state index in [1.807, 2.05) is 34.6 Å². The van der Waals surface area contributed by atoms with E-state index in [0.717, 1.165) is 17.1 Å². The van der Waals surface area contributed by atoms with Crippen molar-refractivity contribution in [1.29, 1.82) is 0 Å². The van der Waals surface area contributed by atoms with E-state index in [-0.39, 0.29) is 17.1 Å². The number of hydrogen-bond acceptors (Lipinski definition) is 6. The summed E-state index contributed by atoms with van der Waals surface area (Å²) >= 11 is 1.24. The van der Waals surface area contributed by atoms with E-state index in [1.54, 1.807) is 6.07 Å². The molecular weight excluding hydrogens is 290 g/mol. The molecule has 2 heterocycles. The van der Waals surface area contributed by atoms with Gasteiger partial charge >= 0.3 is 0 Å². The lowest BCUT2D eigenvalue weighted by Crippen LogP contribution is -2.14. The molecule has 0 saturated carbocycles. The van der Waals surface area contributed by atoms with Gasteiger partial charge in [-0.25, -0.2) is 4.98 Å². The third-order valence-corrected chi connectivity index (χ3v) is 3.70. The van der Waals surface area contributed by atoms with E-state index in [2.05, 4.69) is 15.5 Å². The van der Waals surface area contributed by atoms with Gasteiger partial charge in [-0.05, 0) is 13.8 Å². The Morgan fingerprint density at radius 2 is 2.10 bits per heavy atom. The van der Waals surface area contributed by atoms with Crippen molar-refractivity contribution in [3.8, 4) is 0 Å². The maximum atomic E-state index is 11.8. The second-order valence-corrected chi connectivity index (χ2v) is 6.71. The molecule has 0 aromatic carbocycles. The van der Waals surface area contributed by atoms with Crippen molar-refractivity contribution in [2.75, 3.05) is 11.1 Å². The second-order valence-electron chi connectivity index (χ2n) is 5.78. The first-order chi connectivity index (χ1) is 9.75. The van der Waals surface area contributed by atoms with Gasteiger partial charge in [0.15, 0.2) is 0 Å². The minimum Gasteiger partial charge on any atom is -0.437 e. The maximum Gasteiger partial charge on any atom is 0.256 e. The lowest BCUT2D eigenvalue weighted by Gasteiger charge is -2.12. The third kappa shape index (κ3) is 4.10. The van der Waals surface area contributed by atoms with E-state index >= 15 is 0 Å². The number of rotatable bonds is 4. The normalized spacial score (nSPS) is 11.7. The van der Waals surface area contributed by atoms with Gasteiger partial charge in [-0.1, -0.05) is 37.7 Å². The summed E-state index contributed by atoms with van der Waals surface area (Å²) in [4.78, 5) is 16.1. The van der Waals surface area contributed by atoms with Crippen molar-refractivity contribution < 1.29 is 13.7 Å². The summed E-state index contributed by atoms with van der Waals surface area (Å²) < 4.78 is 10.5. The Hall–Kier alpha value is -1.76. The lowest BCUT2D eigenvalue weighted by atomic mass is 9.92. The molecule has 21 heavy (non-hydrogen) atoms. The molecule has 0 aliphatic carbocycles. The molecule has 0 spiro atoms. The van der Waals surface area contributed by atoms with Crippen molar-refractivity contribution in [3.63, 3.8) is 0 Å². The van der Waals surface area contributed by atoms with Crippen LogP contribution in [0.25, 0.3) is 0 Å². The quantitative estimate of drug-likeness (QED) is 0.873. The van der Waals surface area contributed by atoms with Crippen LogP contribution in [0.4, 0.5) is 5.88 Å². The van der Waals surface area contributed by atoms with Gasteiger partial charge < -0.3 is 8.94 Å². The summed E-state index contributed by atoms with van der Waals surface area (Å²) in [7, 11) is 0. The number of hydrogen-bond donors (Lipinski definition) is 1. The Kier molecular flexibility index (Phi) is 4.41. The molecule has 7 heteroatoms. The van der Waals surface area contributed by atoms with E-state index in [4.69, 9.17) is 8.94 Å². The Morgan fingerprint density at radius 3 is 2.62 bits per heavy atom. The van der Waals surface area contributed by atoms with Crippen LogP contribution >= 0.6 is 11.8 Å². The number of aromatic nitrogens is 2. The van der Waals surface area contributed by atoms with Gasteiger partial charge in [-0.3, -0.25) is 10.1 Å². The van der Waals surface area contributed by atoms with Crippen molar-refractivity contribution in [2.24, 2.45) is 0 Å². The van der Waals surface area contributed by atoms with Gasteiger partial charge in [-0.15, -0.1) is 0 Å². The van der Waals surface area contributed by atoms with E-state index < -0.39 is 0 Å². The molecule has 0 unspecified atom stereocenters. The number of carbonyl (C=O) groups is 1. The zero-order valence-electron chi connectivity index (χ0n) is 12.8. The number of carbonyl (C=O) groups excluding carboxylic acids is 1. The summed E-state index contributed by atoms with van der Waals surface area (Å²) in [5.74, 6) is 1.13. The molecule has 1 N–H and O–H groups in total. The van der Waals surface area contributed by atoms with Crippen LogP contribution in [0.5, 0.6) is 0 Å². The average Bonchev–Trinajstić information content (AvgIpc) is 2.95. The smallest absolute Gasteiger partial charge is 0.256 e. The van der Waals surface area contributed by atoms with Crippen LogP contribution in [-0.2, 0) is 10.2 Å². The number of oxazole rings is 1. The van der Waals surface area contributed by atoms with Gasteiger partial charge in [0.1, 0.15) is 5.76 Å². The first-order valence-corrected chi connectivity index (χ1v) is 7.58. The third-order valence-electron chi connectivity index (χ3n) is 2.88. The van der Waals surface area contributed by atoms with Crippen molar-refractivity contribution in [3.05, 3.63) is 23.2 Å². The highest BCUT2D eigenvalue weighted by Crippen LogP contribution is 2.24. The molecule has 2 aromatic heterocycles. The lowest BCUT2D eigenvalue weighted by molar-refractivity contribution is -0.113. The predicted octanol–water partition coefficient (Wildman–Crippen LogP) is 3.31. The zero-order chi connectivity index (χ0) is 15.6. The number of thioether (sulfide) groups is 1. The molecule has 0 saturated heterocycles. The average molecular weight is 309 g/mol. The predicted molar refractivity (Wildman–Crippen MR) is 80.5 cm³/mol. The summed E-state index contributed by atoms with van der Waals surface area (Å²) in [5, 5.41) is 7.11. The molecule has 6 nitrogen and oxygen atoms in total. The van der Waals surface area contributed by atoms with Crippen LogP contribution < -0.4 is 5.32 Å². The minimum absolute atomic E-state index is 0.117. The van der Waals surface area contributed by atoms with Crippen molar-refractivity contribution in [1.82, 2.24) is 10.1 Å². The van der Waals surface area contributed by atoms with E-state index in [0.29, 0.717) is 11.1 Å². The van der Waals surface area contributed by atoms with Crippen LogP contribution in [0.2, 0.25) is 0 Å². The van der Waals surface area contributed by atoms with Crippen LogP contribution in [-0.4, -0.2) is 21.8 Å². The molecule has 0 aliphatic rings. The van der Waals surface area contributed by atoms with Gasteiger partial charge in [0, 0.05) is 11.5 Å². The highest BCUT2D eigenvalue weighted by molar-refractivity contribution is 7.99. The number of amides is 1. The molecule has 114 valence electrons. The Labute approximate surface area is 127 Å². The fraction of sp³-hybridized carbons (Fsp3) is 0.500. The molecule has 0 bridgehead atoms. The van der Waals surface area contributed by atoms with E-state index in [1.165, 1.54) is 11.8 Å². The molecular formula is C14H19N3O3S. The monoisotopic (exact) mass is 309 g/mol. The highest BCUT2D eigenvalue weighted by atomic mass is 32.2. The topological polar surface area (TPSA) is 81.2 Å². The number of nitrogens with one attached hydrogen (secondary N) is 1. The van der Waals surface area contributed by atoms with Gasteiger partial charge in [0.05, 0.1) is 17.1 Å². The zero-order valence-corrected chi connectivity index (χ0v) is 13.6. The fourth-order valence-corrected chi connectivity index (χ4v) is 2.21. The Morgan fingerprint density at radius 1 is 1.38 bits per heavy atom. The maximum absolute atomic E-state index is 11.8. The number of nitrogens with zero attached hydrogens (tertiary/aromatic N) is 2. The first kappa shape index (κ1) is 15.6. The van der Waals surface area contributed by atoms with Gasteiger partial charge in [-0.2, -0.15) is 0 Å². The highest BCUT2D eigenvalue weighted by Gasteiger charge is 2.19. The largest absolute Gasteiger partial charge is 0.437 e. The summed E-state index contributed by atoms with van der Waals surface area (Å²) in [6.07, 6.45) is 0. The molecule has 0 radical (unpaired) electrons.